The van der Waals surface area contributed by atoms with E-state index in [4.69, 9.17) is 5.73 Å². The molecule has 0 radical (unpaired) electrons. The zero-order chi connectivity index (χ0) is 12.5. The van der Waals surface area contributed by atoms with Gasteiger partial charge in [0.1, 0.15) is 0 Å². The molecule has 16 heavy (non-hydrogen) atoms. The SMILES string of the molecule is Cc1cc(C(N)C(C)C(C)C)c(C)cc1Br. The first-order valence-corrected chi connectivity index (χ1v) is 6.66. The number of nitrogens with two attached hydrogens (primary N) is 1. The Bertz CT molecular complexity index is 371. The van der Waals surface area contributed by atoms with Gasteiger partial charge in [0.25, 0.3) is 0 Å². The summed E-state index contributed by atoms with van der Waals surface area (Å²) in [6.45, 7) is 10.9. The molecule has 2 heteroatoms. The molecule has 0 aliphatic carbocycles. The number of aryl methyl sites for hydroxylation is 2. The number of benzene rings is 1. The molecule has 0 saturated carbocycles. The van der Waals surface area contributed by atoms with Crippen molar-refractivity contribution in [1.82, 2.24) is 0 Å². The molecule has 0 amide bonds. The molecule has 2 atom stereocenters. The summed E-state index contributed by atoms with van der Waals surface area (Å²) in [5.74, 6) is 1.11. The summed E-state index contributed by atoms with van der Waals surface area (Å²) >= 11 is 3.55. The van der Waals surface area contributed by atoms with Crippen molar-refractivity contribution in [3.05, 3.63) is 33.3 Å². The highest BCUT2D eigenvalue weighted by atomic mass is 79.9. The minimum atomic E-state index is 0.131. The molecule has 0 aliphatic heterocycles. The second-order valence-electron chi connectivity index (χ2n) is 5.09. The summed E-state index contributed by atoms with van der Waals surface area (Å²) in [5.41, 5.74) is 10.2. The number of hydrogen-bond donors (Lipinski definition) is 1. The van der Waals surface area contributed by atoms with Crippen LogP contribution >= 0.6 is 15.9 Å². The van der Waals surface area contributed by atoms with Crippen molar-refractivity contribution in [2.75, 3.05) is 0 Å². The van der Waals surface area contributed by atoms with Gasteiger partial charge in [0.2, 0.25) is 0 Å². The van der Waals surface area contributed by atoms with Gasteiger partial charge in [-0.2, -0.15) is 0 Å². The molecule has 1 aromatic rings. The van der Waals surface area contributed by atoms with E-state index in [1.807, 2.05) is 0 Å². The maximum atomic E-state index is 6.34. The van der Waals surface area contributed by atoms with Crippen LogP contribution in [0.1, 0.15) is 43.5 Å². The van der Waals surface area contributed by atoms with Gasteiger partial charge in [0, 0.05) is 10.5 Å². The molecular formula is C14H22BrN. The molecule has 0 heterocycles. The lowest BCUT2D eigenvalue weighted by atomic mass is 9.84. The zero-order valence-corrected chi connectivity index (χ0v) is 12.4. The number of rotatable bonds is 3. The third kappa shape index (κ3) is 2.86. The predicted molar refractivity (Wildman–Crippen MR) is 74.5 cm³/mol. The largest absolute Gasteiger partial charge is 0.324 e. The standard InChI is InChI=1S/C14H22BrN/c1-8(2)11(5)14(16)12-6-10(4)13(15)7-9(12)3/h6-8,11,14H,16H2,1-5H3. The van der Waals surface area contributed by atoms with E-state index in [1.54, 1.807) is 0 Å². The van der Waals surface area contributed by atoms with Crippen LogP contribution in [0.5, 0.6) is 0 Å². The Kier molecular flexibility index (Phi) is 4.57. The summed E-state index contributed by atoms with van der Waals surface area (Å²) < 4.78 is 1.16. The van der Waals surface area contributed by atoms with Gasteiger partial charge in [-0.1, -0.05) is 42.8 Å². The Morgan fingerprint density at radius 3 is 2.12 bits per heavy atom. The number of halogens is 1. The van der Waals surface area contributed by atoms with Crippen molar-refractivity contribution in [2.24, 2.45) is 17.6 Å². The molecule has 1 nitrogen and oxygen atoms in total. The van der Waals surface area contributed by atoms with Gasteiger partial charge in [-0.05, 0) is 48.4 Å². The van der Waals surface area contributed by atoms with Gasteiger partial charge in [-0.3, -0.25) is 0 Å². The molecule has 0 saturated heterocycles. The lowest BCUT2D eigenvalue weighted by Gasteiger charge is -2.25. The third-order valence-corrected chi connectivity index (χ3v) is 4.38. The van der Waals surface area contributed by atoms with Crippen LogP contribution in [0.15, 0.2) is 16.6 Å². The van der Waals surface area contributed by atoms with Crippen molar-refractivity contribution in [3.63, 3.8) is 0 Å². The van der Waals surface area contributed by atoms with E-state index in [9.17, 15) is 0 Å². The van der Waals surface area contributed by atoms with Gasteiger partial charge >= 0.3 is 0 Å². The fourth-order valence-electron chi connectivity index (χ4n) is 1.86. The highest BCUT2D eigenvalue weighted by Gasteiger charge is 2.20. The van der Waals surface area contributed by atoms with Crippen molar-refractivity contribution in [3.8, 4) is 0 Å². The molecule has 0 spiro atoms. The van der Waals surface area contributed by atoms with Gasteiger partial charge < -0.3 is 5.73 Å². The van der Waals surface area contributed by atoms with Crippen LogP contribution in [0, 0.1) is 25.7 Å². The first kappa shape index (κ1) is 13.7. The van der Waals surface area contributed by atoms with Crippen LogP contribution < -0.4 is 5.73 Å². The average molecular weight is 284 g/mol. The van der Waals surface area contributed by atoms with Crippen molar-refractivity contribution in [1.29, 1.82) is 0 Å². The van der Waals surface area contributed by atoms with E-state index >= 15 is 0 Å². The van der Waals surface area contributed by atoms with Gasteiger partial charge in [0.05, 0.1) is 0 Å². The second kappa shape index (κ2) is 5.33. The predicted octanol–water partition coefficient (Wildman–Crippen LogP) is 4.36. The van der Waals surface area contributed by atoms with Gasteiger partial charge in [-0.25, -0.2) is 0 Å². The van der Waals surface area contributed by atoms with Crippen LogP contribution in [0.3, 0.4) is 0 Å². The molecule has 0 bridgehead atoms. The van der Waals surface area contributed by atoms with Gasteiger partial charge in [-0.15, -0.1) is 0 Å². The summed E-state index contributed by atoms with van der Waals surface area (Å²) in [6.07, 6.45) is 0. The van der Waals surface area contributed by atoms with Crippen LogP contribution in [0.4, 0.5) is 0 Å². The third-order valence-electron chi connectivity index (χ3n) is 3.52. The van der Waals surface area contributed by atoms with Crippen molar-refractivity contribution in [2.45, 2.75) is 40.7 Å². The molecule has 0 aromatic heterocycles. The fourth-order valence-corrected chi connectivity index (χ4v) is 2.32. The average Bonchev–Trinajstić information content (AvgIpc) is 2.21. The second-order valence-corrected chi connectivity index (χ2v) is 5.94. The molecular weight excluding hydrogens is 262 g/mol. The smallest absolute Gasteiger partial charge is 0.0326 e. The Balaban J connectivity index is 3.08. The van der Waals surface area contributed by atoms with E-state index in [2.05, 4.69) is 62.7 Å². The first-order valence-electron chi connectivity index (χ1n) is 5.86. The summed E-state index contributed by atoms with van der Waals surface area (Å²) in [6, 6.07) is 4.51. The summed E-state index contributed by atoms with van der Waals surface area (Å²) in [4.78, 5) is 0. The van der Waals surface area contributed by atoms with E-state index in [-0.39, 0.29) is 6.04 Å². The first-order chi connectivity index (χ1) is 7.34. The van der Waals surface area contributed by atoms with E-state index in [0.29, 0.717) is 11.8 Å². The lowest BCUT2D eigenvalue weighted by Crippen LogP contribution is -2.24. The number of hydrogen-bond acceptors (Lipinski definition) is 1. The molecule has 2 unspecified atom stereocenters. The fraction of sp³-hybridized carbons (Fsp3) is 0.571. The molecule has 1 aromatic carbocycles. The molecule has 90 valence electrons. The molecule has 0 fully saturated rings. The van der Waals surface area contributed by atoms with E-state index < -0.39 is 0 Å². The van der Waals surface area contributed by atoms with E-state index in [0.717, 1.165) is 4.47 Å². The summed E-state index contributed by atoms with van der Waals surface area (Å²) in [7, 11) is 0. The Morgan fingerprint density at radius 2 is 1.62 bits per heavy atom. The van der Waals surface area contributed by atoms with Crippen LogP contribution in [0.2, 0.25) is 0 Å². The van der Waals surface area contributed by atoms with Crippen molar-refractivity contribution < 1.29 is 0 Å². The highest BCUT2D eigenvalue weighted by Crippen LogP contribution is 2.30. The Morgan fingerprint density at radius 1 is 1.06 bits per heavy atom. The quantitative estimate of drug-likeness (QED) is 0.877. The normalized spacial score (nSPS) is 15.2. The Hall–Kier alpha value is -0.340. The van der Waals surface area contributed by atoms with Crippen LogP contribution in [-0.2, 0) is 0 Å². The topological polar surface area (TPSA) is 26.0 Å². The molecule has 0 aliphatic rings. The minimum absolute atomic E-state index is 0.131. The lowest BCUT2D eigenvalue weighted by molar-refractivity contribution is 0.351. The highest BCUT2D eigenvalue weighted by molar-refractivity contribution is 9.10. The van der Waals surface area contributed by atoms with Gasteiger partial charge in [0.15, 0.2) is 0 Å². The maximum Gasteiger partial charge on any atom is 0.0326 e. The van der Waals surface area contributed by atoms with Crippen LogP contribution in [-0.4, -0.2) is 0 Å². The zero-order valence-electron chi connectivity index (χ0n) is 10.8. The maximum absolute atomic E-state index is 6.34. The van der Waals surface area contributed by atoms with E-state index in [1.165, 1.54) is 16.7 Å². The van der Waals surface area contributed by atoms with Crippen LogP contribution in [0.25, 0.3) is 0 Å². The van der Waals surface area contributed by atoms with Crippen molar-refractivity contribution >= 4 is 15.9 Å². The summed E-state index contributed by atoms with van der Waals surface area (Å²) in [5, 5.41) is 0. The minimum Gasteiger partial charge on any atom is -0.324 e. The monoisotopic (exact) mass is 283 g/mol. The molecule has 1 rings (SSSR count). The molecule has 2 N–H and O–H groups in total. The Labute approximate surface area is 108 Å².